The number of rotatable bonds is 3. The normalized spacial score (nSPS) is 22.2. The summed E-state index contributed by atoms with van der Waals surface area (Å²) in [4.78, 5) is 0. The first-order valence-corrected chi connectivity index (χ1v) is 6.35. The van der Waals surface area contributed by atoms with Crippen molar-refractivity contribution in [1.29, 1.82) is 0 Å². The minimum Gasteiger partial charge on any atom is -0.399 e. The maximum absolute atomic E-state index is 5.88. The van der Waals surface area contributed by atoms with Crippen LogP contribution in [0.15, 0.2) is 18.2 Å². The predicted octanol–water partition coefficient (Wildman–Crippen LogP) is 1.58. The highest BCUT2D eigenvalue weighted by molar-refractivity contribution is 5.62. The number of benzene rings is 1. The zero-order chi connectivity index (χ0) is 13.4. The van der Waals surface area contributed by atoms with Crippen LogP contribution in [0.25, 0.3) is 11.4 Å². The Kier molecular flexibility index (Phi) is 2.94. The minimum absolute atomic E-state index is 0.316. The number of hydrogen-bond donors (Lipinski definition) is 1. The van der Waals surface area contributed by atoms with Crippen LogP contribution in [0.3, 0.4) is 0 Å². The van der Waals surface area contributed by atoms with Gasteiger partial charge in [0, 0.05) is 18.4 Å². The summed E-state index contributed by atoms with van der Waals surface area (Å²) in [6, 6.07) is 6.20. The molecular weight excluding hydrogens is 242 g/mol. The average molecular weight is 259 g/mol. The summed E-state index contributed by atoms with van der Waals surface area (Å²) in [7, 11) is 1.74. The quantitative estimate of drug-likeness (QED) is 0.847. The molecule has 1 heterocycles. The van der Waals surface area contributed by atoms with Crippen LogP contribution in [0.1, 0.15) is 24.4 Å². The fourth-order valence-corrected chi connectivity index (χ4v) is 2.50. The van der Waals surface area contributed by atoms with Gasteiger partial charge < -0.3 is 10.5 Å². The highest BCUT2D eigenvalue weighted by Gasteiger charge is 2.33. The monoisotopic (exact) mass is 259 g/mol. The number of anilines is 1. The lowest BCUT2D eigenvalue weighted by Gasteiger charge is -2.34. The molecule has 0 spiro atoms. The van der Waals surface area contributed by atoms with E-state index >= 15 is 0 Å². The fraction of sp³-hybridized carbons (Fsp3) is 0.462. The number of nitrogens with two attached hydrogens (primary N) is 1. The second kappa shape index (κ2) is 4.62. The van der Waals surface area contributed by atoms with Crippen LogP contribution in [0.2, 0.25) is 0 Å². The Hall–Kier alpha value is -1.95. The number of aromatic nitrogens is 4. The Balaban J connectivity index is 1.92. The summed E-state index contributed by atoms with van der Waals surface area (Å²) in [5.74, 6) is 0.773. The standard InChI is InChI=1S/C13H17N5O/c1-8-3-9(5-10(14)4-8)13-15-16-17-18(13)11-6-12(7-11)19-2/h3-5,11-12H,6-7,14H2,1-2H3. The summed E-state index contributed by atoms with van der Waals surface area (Å²) in [5, 5.41) is 12.0. The van der Waals surface area contributed by atoms with Crippen molar-refractivity contribution in [1.82, 2.24) is 20.2 Å². The van der Waals surface area contributed by atoms with E-state index < -0.39 is 0 Å². The van der Waals surface area contributed by atoms with Gasteiger partial charge in [0.25, 0.3) is 0 Å². The molecule has 1 aliphatic rings. The third kappa shape index (κ3) is 2.19. The molecular formula is C13H17N5O. The zero-order valence-corrected chi connectivity index (χ0v) is 11.1. The third-order valence-electron chi connectivity index (χ3n) is 3.60. The van der Waals surface area contributed by atoms with Crippen LogP contribution in [0, 0.1) is 6.92 Å². The summed E-state index contributed by atoms with van der Waals surface area (Å²) < 4.78 is 7.18. The van der Waals surface area contributed by atoms with Gasteiger partial charge in [-0.3, -0.25) is 0 Å². The van der Waals surface area contributed by atoms with E-state index in [0.29, 0.717) is 12.1 Å². The van der Waals surface area contributed by atoms with Gasteiger partial charge in [0.15, 0.2) is 5.82 Å². The Morgan fingerprint density at radius 1 is 1.32 bits per heavy atom. The SMILES string of the molecule is COC1CC(n2nnnc2-c2cc(C)cc(N)c2)C1. The highest BCUT2D eigenvalue weighted by Crippen LogP contribution is 2.36. The molecule has 1 aromatic carbocycles. The molecule has 0 atom stereocenters. The molecule has 6 heteroatoms. The fourth-order valence-electron chi connectivity index (χ4n) is 2.50. The number of methoxy groups -OCH3 is 1. The maximum Gasteiger partial charge on any atom is 0.182 e. The van der Waals surface area contributed by atoms with Crippen LogP contribution < -0.4 is 5.73 Å². The molecule has 2 aromatic rings. The molecule has 6 nitrogen and oxygen atoms in total. The van der Waals surface area contributed by atoms with Gasteiger partial charge in [-0.25, -0.2) is 4.68 Å². The zero-order valence-electron chi connectivity index (χ0n) is 11.1. The predicted molar refractivity (Wildman–Crippen MR) is 71.5 cm³/mol. The molecule has 2 N–H and O–H groups in total. The largest absolute Gasteiger partial charge is 0.399 e. The summed E-state index contributed by atoms with van der Waals surface area (Å²) >= 11 is 0. The van der Waals surface area contributed by atoms with E-state index in [-0.39, 0.29) is 0 Å². The van der Waals surface area contributed by atoms with E-state index in [4.69, 9.17) is 10.5 Å². The summed E-state index contributed by atoms with van der Waals surface area (Å²) in [6.07, 6.45) is 2.23. The van der Waals surface area contributed by atoms with Crippen LogP contribution in [-0.4, -0.2) is 33.4 Å². The van der Waals surface area contributed by atoms with Crippen molar-refractivity contribution in [2.75, 3.05) is 12.8 Å². The second-order valence-electron chi connectivity index (χ2n) is 5.06. The van der Waals surface area contributed by atoms with Gasteiger partial charge in [0.05, 0.1) is 12.1 Å². The van der Waals surface area contributed by atoms with E-state index in [1.165, 1.54) is 0 Å². The first kappa shape index (κ1) is 12.1. The van der Waals surface area contributed by atoms with Crippen molar-refractivity contribution < 1.29 is 4.74 Å². The number of ether oxygens (including phenoxy) is 1. The molecule has 100 valence electrons. The molecule has 0 aliphatic heterocycles. The van der Waals surface area contributed by atoms with Crippen molar-refractivity contribution in [2.45, 2.75) is 31.9 Å². The Labute approximate surface area is 111 Å². The topological polar surface area (TPSA) is 78.8 Å². The van der Waals surface area contributed by atoms with Crippen LogP contribution in [0.5, 0.6) is 0 Å². The van der Waals surface area contributed by atoms with Crippen molar-refractivity contribution in [3.63, 3.8) is 0 Å². The van der Waals surface area contributed by atoms with Gasteiger partial charge in [0.1, 0.15) is 0 Å². The van der Waals surface area contributed by atoms with Crippen LogP contribution in [-0.2, 0) is 4.74 Å². The lowest BCUT2D eigenvalue weighted by Crippen LogP contribution is -2.33. The van der Waals surface area contributed by atoms with Crippen molar-refractivity contribution in [3.8, 4) is 11.4 Å². The molecule has 1 aliphatic carbocycles. The molecule has 1 aromatic heterocycles. The smallest absolute Gasteiger partial charge is 0.182 e. The highest BCUT2D eigenvalue weighted by atomic mass is 16.5. The Morgan fingerprint density at radius 2 is 2.11 bits per heavy atom. The minimum atomic E-state index is 0.316. The third-order valence-corrected chi connectivity index (χ3v) is 3.60. The van der Waals surface area contributed by atoms with Gasteiger partial charge in [-0.15, -0.1) is 5.10 Å². The molecule has 0 radical (unpaired) electrons. The molecule has 0 saturated heterocycles. The average Bonchev–Trinajstić information content (AvgIpc) is 2.75. The van der Waals surface area contributed by atoms with Gasteiger partial charge in [-0.2, -0.15) is 0 Å². The molecule has 0 bridgehead atoms. The van der Waals surface area contributed by atoms with E-state index in [9.17, 15) is 0 Å². The van der Waals surface area contributed by atoms with E-state index in [1.807, 2.05) is 29.8 Å². The van der Waals surface area contributed by atoms with Crippen molar-refractivity contribution in [3.05, 3.63) is 23.8 Å². The van der Waals surface area contributed by atoms with Gasteiger partial charge in [-0.05, 0) is 54.0 Å². The van der Waals surface area contributed by atoms with Crippen LogP contribution >= 0.6 is 0 Å². The van der Waals surface area contributed by atoms with Crippen molar-refractivity contribution in [2.24, 2.45) is 0 Å². The van der Waals surface area contributed by atoms with E-state index in [2.05, 4.69) is 15.5 Å². The number of nitrogens with zero attached hydrogens (tertiary/aromatic N) is 4. The number of hydrogen-bond acceptors (Lipinski definition) is 5. The second-order valence-corrected chi connectivity index (χ2v) is 5.06. The molecule has 19 heavy (non-hydrogen) atoms. The lowest BCUT2D eigenvalue weighted by atomic mass is 9.89. The molecule has 0 unspecified atom stereocenters. The molecule has 1 fully saturated rings. The number of aryl methyl sites for hydroxylation is 1. The van der Waals surface area contributed by atoms with Crippen molar-refractivity contribution >= 4 is 5.69 Å². The number of nitrogen functional groups attached to an aromatic ring is 1. The Morgan fingerprint density at radius 3 is 2.79 bits per heavy atom. The van der Waals surface area contributed by atoms with E-state index in [0.717, 1.165) is 35.5 Å². The number of tetrazole rings is 1. The van der Waals surface area contributed by atoms with E-state index in [1.54, 1.807) is 7.11 Å². The van der Waals surface area contributed by atoms with Gasteiger partial charge >= 0.3 is 0 Å². The molecule has 0 amide bonds. The van der Waals surface area contributed by atoms with Gasteiger partial charge in [-0.1, -0.05) is 0 Å². The summed E-state index contributed by atoms with van der Waals surface area (Å²) in [5.41, 5.74) is 8.68. The molecule has 3 rings (SSSR count). The first-order chi connectivity index (χ1) is 9.17. The summed E-state index contributed by atoms with van der Waals surface area (Å²) in [6.45, 7) is 2.01. The first-order valence-electron chi connectivity index (χ1n) is 6.35. The molecule has 1 saturated carbocycles. The lowest BCUT2D eigenvalue weighted by molar-refractivity contribution is 0.00248. The van der Waals surface area contributed by atoms with Gasteiger partial charge in [0.2, 0.25) is 0 Å². The Bertz CT molecular complexity index is 568. The maximum atomic E-state index is 5.88. The van der Waals surface area contributed by atoms with Crippen LogP contribution in [0.4, 0.5) is 5.69 Å².